The summed E-state index contributed by atoms with van der Waals surface area (Å²) in [6.45, 7) is 2.85. The monoisotopic (exact) mass is 377 g/mol. The molecule has 0 unspecified atom stereocenters. The minimum absolute atomic E-state index is 0.299. The van der Waals surface area contributed by atoms with Crippen LogP contribution < -0.4 is 14.8 Å². The first kappa shape index (κ1) is 18.2. The highest BCUT2D eigenvalue weighted by Gasteiger charge is 2.25. The standard InChI is InChI=1S/C17H19N3O5S/c1-10-18-13(9-26-10)16(21)19-12-7-11(8-14(23-2)15(12)24-3)17(22)20-5-4-6-25-20/h7-9H,4-6H2,1-3H3,(H,19,21). The number of hydroxylamine groups is 2. The number of ether oxygens (including phenoxy) is 2. The van der Waals surface area contributed by atoms with Crippen LogP contribution in [0.5, 0.6) is 11.5 Å². The second kappa shape index (κ2) is 7.71. The van der Waals surface area contributed by atoms with Gasteiger partial charge in [-0.25, -0.2) is 10.0 Å². The number of carbonyl (C=O) groups is 2. The fraction of sp³-hybridized carbons (Fsp3) is 0.353. The van der Waals surface area contributed by atoms with Crippen molar-refractivity contribution in [1.82, 2.24) is 10.0 Å². The van der Waals surface area contributed by atoms with E-state index in [0.29, 0.717) is 41.6 Å². The molecule has 2 amide bonds. The zero-order chi connectivity index (χ0) is 18.7. The topological polar surface area (TPSA) is 90.0 Å². The van der Waals surface area contributed by atoms with E-state index in [1.807, 2.05) is 6.92 Å². The van der Waals surface area contributed by atoms with E-state index in [9.17, 15) is 9.59 Å². The number of nitrogens with one attached hydrogen (secondary N) is 1. The van der Waals surface area contributed by atoms with Crippen LogP contribution in [0.1, 0.15) is 32.3 Å². The first-order valence-electron chi connectivity index (χ1n) is 7.97. The van der Waals surface area contributed by atoms with Crippen molar-refractivity contribution >= 4 is 28.8 Å². The molecule has 1 aliphatic rings. The Kier molecular flexibility index (Phi) is 5.38. The van der Waals surface area contributed by atoms with Crippen molar-refractivity contribution in [1.29, 1.82) is 0 Å². The molecule has 1 saturated heterocycles. The average Bonchev–Trinajstić information content (AvgIpc) is 3.32. The lowest BCUT2D eigenvalue weighted by Crippen LogP contribution is -2.26. The molecule has 9 heteroatoms. The predicted octanol–water partition coefficient (Wildman–Crippen LogP) is 2.50. The number of hydrogen-bond acceptors (Lipinski definition) is 7. The van der Waals surface area contributed by atoms with Crippen LogP contribution in [0.25, 0.3) is 0 Å². The molecule has 0 saturated carbocycles. The zero-order valence-electron chi connectivity index (χ0n) is 14.7. The smallest absolute Gasteiger partial charge is 0.277 e. The van der Waals surface area contributed by atoms with Crippen molar-refractivity contribution in [3.8, 4) is 11.5 Å². The van der Waals surface area contributed by atoms with Crippen LogP contribution in [-0.2, 0) is 4.84 Å². The van der Waals surface area contributed by atoms with Gasteiger partial charge in [0.2, 0.25) is 0 Å². The first-order valence-corrected chi connectivity index (χ1v) is 8.85. The fourth-order valence-corrected chi connectivity index (χ4v) is 3.18. The van der Waals surface area contributed by atoms with Gasteiger partial charge in [0.1, 0.15) is 5.69 Å². The van der Waals surface area contributed by atoms with E-state index in [4.69, 9.17) is 14.3 Å². The van der Waals surface area contributed by atoms with Crippen LogP contribution in [0.3, 0.4) is 0 Å². The Labute approximate surface area is 154 Å². The van der Waals surface area contributed by atoms with Crippen molar-refractivity contribution in [3.05, 3.63) is 33.8 Å². The number of benzene rings is 1. The number of rotatable bonds is 5. The van der Waals surface area contributed by atoms with Gasteiger partial charge < -0.3 is 14.8 Å². The molecule has 1 aromatic heterocycles. The number of aromatic nitrogens is 1. The zero-order valence-corrected chi connectivity index (χ0v) is 15.5. The Bertz CT molecular complexity index is 830. The predicted molar refractivity (Wildman–Crippen MR) is 96.0 cm³/mol. The Morgan fingerprint density at radius 1 is 1.31 bits per heavy atom. The number of carbonyl (C=O) groups excluding carboxylic acids is 2. The van der Waals surface area contributed by atoms with E-state index < -0.39 is 5.91 Å². The molecule has 26 heavy (non-hydrogen) atoms. The van der Waals surface area contributed by atoms with Gasteiger partial charge in [-0.05, 0) is 25.5 Å². The third-order valence-corrected chi connectivity index (χ3v) is 4.58. The van der Waals surface area contributed by atoms with Crippen LogP contribution in [0, 0.1) is 6.92 Å². The van der Waals surface area contributed by atoms with E-state index in [1.165, 1.54) is 30.6 Å². The molecule has 0 spiro atoms. The molecule has 0 aliphatic carbocycles. The van der Waals surface area contributed by atoms with Crippen molar-refractivity contribution in [3.63, 3.8) is 0 Å². The van der Waals surface area contributed by atoms with Crippen LogP contribution in [-0.4, -0.2) is 49.2 Å². The highest BCUT2D eigenvalue weighted by molar-refractivity contribution is 7.09. The van der Waals surface area contributed by atoms with Crippen LogP contribution in [0.15, 0.2) is 17.5 Å². The number of methoxy groups -OCH3 is 2. The molecular weight excluding hydrogens is 358 g/mol. The molecule has 138 valence electrons. The maximum absolute atomic E-state index is 12.6. The number of thiazole rings is 1. The quantitative estimate of drug-likeness (QED) is 0.861. The van der Waals surface area contributed by atoms with Crippen molar-refractivity contribution in [2.24, 2.45) is 0 Å². The summed E-state index contributed by atoms with van der Waals surface area (Å²) in [6, 6.07) is 3.11. The van der Waals surface area contributed by atoms with Crippen LogP contribution in [0.2, 0.25) is 0 Å². The molecule has 3 rings (SSSR count). The number of anilines is 1. The van der Waals surface area contributed by atoms with Gasteiger partial charge in [-0.1, -0.05) is 0 Å². The van der Waals surface area contributed by atoms with Crippen LogP contribution >= 0.6 is 11.3 Å². The normalized spacial score (nSPS) is 13.6. The molecule has 2 heterocycles. The summed E-state index contributed by atoms with van der Waals surface area (Å²) >= 11 is 1.38. The highest BCUT2D eigenvalue weighted by Crippen LogP contribution is 2.37. The summed E-state index contributed by atoms with van der Waals surface area (Å²) in [6.07, 6.45) is 0.784. The van der Waals surface area contributed by atoms with E-state index >= 15 is 0 Å². The number of amides is 2. The van der Waals surface area contributed by atoms with E-state index in [-0.39, 0.29) is 5.91 Å². The molecular formula is C17H19N3O5S. The summed E-state index contributed by atoms with van der Waals surface area (Å²) in [5.74, 6) is -0.0332. The third-order valence-electron chi connectivity index (χ3n) is 3.80. The van der Waals surface area contributed by atoms with Gasteiger partial charge >= 0.3 is 0 Å². The van der Waals surface area contributed by atoms with Crippen molar-refractivity contribution < 1.29 is 23.9 Å². The van der Waals surface area contributed by atoms with Gasteiger partial charge in [-0.3, -0.25) is 14.4 Å². The first-order chi connectivity index (χ1) is 12.5. The maximum Gasteiger partial charge on any atom is 0.277 e. The van der Waals surface area contributed by atoms with Gasteiger partial charge in [-0.15, -0.1) is 11.3 Å². The Morgan fingerprint density at radius 2 is 2.12 bits per heavy atom. The molecule has 0 atom stereocenters. The van der Waals surface area contributed by atoms with Crippen molar-refractivity contribution in [2.75, 3.05) is 32.7 Å². The lowest BCUT2D eigenvalue weighted by Gasteiger charge is -2.18. The summed E-state index contributed by atoms with van der Waals surface area (Å²) < 4.78 is 10.7. The third kappa shape index (κ3) is 3.63. The summed E-state index contributed by atoms with van der Waals surface area (Å²) in [7, 11) is 2.93. The molecule has 1 N–H and O–H groups in total. The van der Waals surface area contributed by atoms with Gasteiger partial charge in [-0.2, -0.15) is 0 Å². The molecule has 1 aromatic carbocycles. The largest absolute Gasteiger partial charge is 0.493 e. The maximum atomic E-state index is 12.6. The Balaban J connectivity index is 1.94. The average molecular weight is 377 g/mol. The minimum atomic E-state index is -0.392. The van der Waals surface area contributed by atoms with Gasteiger partial charge in [0, 0.05) is 10.9 Å². The second-order valence-corrected chi connectivity index (χ2v) is 6.62. The lowest BCUT2D eigenvalue weighted by atomic mass is 10.1. The molecule has 1 fully saturated rings. The SMILES string of the molecule is COc1cc(C(=O)N2CCCO2)cc(NC(=O)c2csc(C)n2)c1OC. The van der Waals surface area contributed by atoms with E-state index in [1.54, 1.807) is 17.5 Å². The minimum Gasteiger partial charge on any atom is -0.493 e. The van der Waals surface area contributed by atoms with Gasteiger partial charge in [0.15, 0.2) is 11.5 Å². The van der Waals surface area contributed by atoms with E-state index in [2.05, 4.69) is 10.3 Å². The lowest BCUT2D eigenvalue weighted by molar-refractivity contribution is -0.0768. The molecule has 8 nitrogen and oxygen atoms in total. The summed E-state index contributed by atoms with van der Waals surface area (Å²) in [4.78, 5) is 34.5. The number of aryl methyl sites for hydroxylation is 1. The summed E-state index contributed by atoms with van der Waals surface area (Å²) in [5, 5.41) is 6.50. The van der Waals surface area contributed by atoms with E-state index in [0.717, 1.165) is 11.4 Å². The second-order valence-electron chi connectivity index (χ2n) is 5.56. The fourth-order valence-electron chi connectivity index (χ4n) is 2.59. The van der Waals surface area contributed by atoms with Gasteiger partial charge in [0.05, 0.1) is 38.1 Å². The summed E-state index contributed by atoms with van der Waals surface area (Å²) in [5.41, 5.74) is 0.951. The number of hydrogen-bond donors (Lipinski definition) is 1. The molecule has 0 radical (unpaired) electrons. The molecule has 0 bridgehead atoms. The highest BCUT2D eigenvalue weighted by atomic mass is 32.1. The Hall–Kier alpha value is -2.65. The van der Waals surface area contributed by atoms with Crippen LogP contribution in [0.4, 0.5) is 5.69 Å². The molecule has 1 aliphatic heterocycles. The van der Waals surface area contributed by atoms with Crippen molar-refractivity contribution in [2.45, 2.75) is 13.3 Å². The van der Waals surface area contributed by atoms with Gasteiger partial charge in [0.25, 0.3) is 11.8 Å². The Morgan fingerprint density at radius 3 is 2.69 bits per heavy atom. The number of nitrogens with zero attached hydrogens (tertiary/aromatic N) is 2. The molecule has 2 aromatic rings.